The molecule has 0 saturated carbocycles. The maximum Gasteiger partial charge on any atom is 0.374 e. The number of benzene rings is 1. The molecular weight excluding hydrogens is 348 g/mol. The summed E-state index contributed by atoms with van der Waals surface area (Å²) < 4.78 is 25.5. The van der Waals surface area contributed by atoms with Crippen LogP contribution < -0.4 is 10.2 Å². The normalized spacial score (nSPS) is 18.7. The Morgan fingerprint density at radius 1 is 1.31 bits per heavy atom. The molecule has 3 rings (SSSR count). The fourth-order valence-electron chi connectivity index (χ4n) is 2.62. The minimum Gasteiger partial charge on any atom is -0.507 e. The third kappa shape index (κ3) is 2.65. The van der Waals surface area contributed by atoms with Crippen LogP contribution in [0.25, 0.3) is 11.0 Å². The van der Waals surface area contributed by atoms with Crippen LogP contribution >= 0.6 is 0 Å². The van der Waals surface area contributed by atoms with Gasteiger partial charge in [-0.05, 0) is 6.07 Å². The predicted molar refractivity (Wildman–Crippen MR) is 86.6 cm³/mol. The van der Waals surface area contributed by atoms with E-state index in [1.165, 1.54) is 26.5 Å². The lowest BCUT2D eigenvalue weighted by Gasteiger charge is -2.24. The number of nitrogens with one attached hydrogen (secondary N) is 1. The van der Waals surface area contributed by atoms with Crippen molar-refractivity contribution in [1.29, 1.82) is 0 Å². The Hall–Kier alpha value is -3.43. The van der Waals surface area contributed by atoms with Crippen molar-refractivity contribution in [2.75, 3.05) is 21.3 Å². The largest absolute Gasteiger partial charge is 0.507 e. The van der Waals surface area contributed by atoms with Crippen molar-refractivity contribution in [3.05, 3.63) is 24.0 Å². The molecule has 0 spiro atoms. The lowest BCUT2D eigenvalue weighted by molar-refractivity contribution is -0.168. The summed E-state index contributed by atoms with van der Waals surface area (Å²) in [6.07, 6.45) is 0.933. The van der Waals surface area contributed by atoms with Gasteiger partial charge in [-0.3, -0.25) is 10.2 Å². The fraction of sp³-hybridized carbons (Fsp3) is 0.312. The van der Waals surface area contributed by atoms with Gasteiger partial charge in [-0.1, -0.05) is 0 Å². The number of esters is 2. The van der Waals surface area contributed by atoms with E-state index in [2.05, 4.69) is 15.3 Å². The maximum absolute atomic E-state index is 12.2. The standard InChI is InChI=1S/C16H16N2O8/c1-22-11(20)7-16(15(21)24-3)18-17-14(26-16)12-9(19)6-10-8(4-5-25-10)13(12)23-2/h4-6,18-19H,7H2,1-3H3. The van der Waals surface area contributed by atoms with E-state index >= 15 is 0 Å². The molecule has 0 saturated heterocycles. The van der Waals surface area contributed by atoms with Crippen molar-refractivity contribution in [3.63, 3.8) is 0 Å². The van der Waals surface area contributed by atoms with Gasteiger partial charge in [0.15, 0.2) is 0 Å². The van der Waals surface area contributed by atoms with Gasteiger partial charge in [0.1, 0.15) is 29.1 Å². The topological polar surface area (TPSA) is 129 Å². The zero-order valence-corrected chi connectivity index (χ0v) is 14.2. The van der Waals surface area contributed by atoms with Crippen LogP contribution in [0.1, 0.15) is 12.0 Å². The Kier molecular flexibility index (Phi) is 4.33. The molecule has 1 atom stereocenters. The number of rotatable bonds is 5. The van der Waals surface area contributed by atoms with Crippen LogP contribution in [0.4, 0.5) is 0 Å². The number of hydrazone groups is 1. The van der Waals surface area contributed by atoms with Gasteiger partial charge in [0, 0.05) is 6.07 Å². The number of nitrogens with zero attached hydrogens (tertiary/aromatic N) is 1. The Morgan fingerprint density at radius 3 is 2.73 bits per heavy atom. The van der Waals surface area contributed by atoms with Crippen molar-refractivity contribution in [2.24, 2.45) is 5.10 Å². The van der Waals surface area contributed by atoms with E-state index in [4.69, 9.17) is 18.6 Å². The van der Waals surface area contributed by atoms with Gasteiger partial charge < -0.3 is 28.5 Å². The van der Waals surface area contributed by atoms with Crippen LogP contribution in [0.2, 0.25) is 0 Å². The Bertz CT molecular complexity index is 903. The molecule has 2 N–H and O–H groups in total. The van der Waals surface area contributed by atoms with Gasteiger partial charge >= 0.3 is 17.7 Å². The van der Waals surface area contributed by atoms with Crippen LogP contribution in [0.3, 0.4) is 0 Å². The van der Waals surface area contributed by atoms with Crippen molar-refractivity contribution < 1.29 is 38.1 Å². The molecule has 0 radical (unpaired) electrons. The van der Waals surface area contributed by atoms with Crippen LogP contribution in [0.15, 0.2) is 27.9 Å². The zero-order valence-electron chi connectivity index (χ0n) is 14.2. The molecule has 1 unspecified atom stereocenters. The number of furan rings is 1. The van der Waals surface area contributed by atoms with Gasteiger partial charge in [-0.2, -0.15) is 0 Å². The molecule has 1 aromatic heterocycles. The van der Waals surface area contributed by atoms with Crippen molar-refractivity contribution >= 4 is 28.8 Å². The smallest absolute Gasteiger partial charge is 0.374 e. The second kappa shape index (κ2) is 6.47. The molecule has 10 nitrogen and oxygen atoms in total. The number of carbonyl (C=O) groups is 2. The highest BCUT2D eigenvalue weighted by Gasteiger charge is 2.50. The summed E-state index contributed by atoms with van der Waals surface area (Å²) in [7, 11) is 3.71. The molecule has 1 aliphatic heterocycles. The summed E-state index contributed by atoms with van der Waals surface area (Å²) in [6.45, 7) is 0. The summed E-state index contributed by atoms with van der Waals surface area (Å²) in [5, 5.41) is 14.9. The molecule has 1 aliphatic rings. The molecule has 0 aliphatic carbocycles. The molecule has 2 aromatic rings. The number of phenols is 1. The molecule has 10 heteroatoms. The number of hydrogen-bond donors (Lipinski definition) is 2. The monoisotopic (exact) mass is 364 g/mol. The number of hydrogen-bond acceptors (Lipinski definition) is 10. The van der Waals surface area contributed by atoms with E-state index in [0.29, 0.717) is 11.0 Å². The summed E-state index contributed by atoms with van der Waals surface area (Å²) in [5.74, 6) is -1.78. The highest BCUT2D eigenvalue weighted by atomic mass is 16.6. The number of methoxy groups -OCH3 is 3. The average Bonchev–Trinajstić information content (AvgIpc) is 3.27. The third-order valence-electron chi connectivity index (χ3n) is 3.85. The Labute approximate surface area is 147 Å². The summed E-state index contributed by atoms with van der Waals surface area (Å²) in [4.78, 5) is 23.9. The third-order valence-corrected chi connectivity index (χ3v) is 3.85. The van der Waals surface area contributed by atoms with E-state index in [0.717, 1.165) is 7.11 Å². The Balaban J connectivity index is 2.04. The number of aromatic hydroxyl groups is 1. The van der Waals surface area contributed by atoms with Crippen LogP contribution in [0.5, 0.6) is 11.5 Å². The minimum atomic E-state index is -1.92. The van der Waals surface area contributed by atoms with Gasteiger partial charge in [-0.15, -0.1) is 5.10 Å². The molecule has 0 fully saturated rings. The van der Waals surface area contributed by atoms with Crippen molar-refractivity contribution in [3.8, 4) is 11.5 Å². The van der Waals surface area contributed by atoms with E-state index < -0.39 is 24.1 Å². The highest BCUT2D eigenvalue weighted by Crippen LogP contribution is 2.39. The first-order chi connectivity index (χ1) is 12.5. The first-order valence-electron chi connectivity index (χ1n) is 7.42. The minimum absolute atomic E-state index is 0.0875. The average molecular weight is 364 g/mol. The first kappa shape index (κ1) is 17.4. The van der Waals surface area contributed by atoms with E-state index in [1.807, 2.05) is 0 Å². The molecule has 0 amide bonds. The molecule has 1 aromatic carbocycles. The lowest BCUT2D eigenvalue weighted by Crippen LogP contribution is -2.51. The quantitative estimate of drug-likeness (QED) is 0.742. The number of fused-ring (bicyclic) bond motifs is 1. The molecule has 2 heterocycles. The van der Waals surface area contributed by atoms with E-state index in [1.54, 1.807) is 6.07 Å². The van der Waals surface area contributed by atoms with Gasteiger partial charge in [0.25, 0.3) is 0 Å². The zero-order chi connectivity index (χ0) is 18.9. The summed E-state index contributed by atoms with van der Waals surface area (Å²) in [5.41, 5.74) is 1.02. The lowest BCUT2D eigenvalue weighted by atomic mass is 10.1. The molecule has 138 valence electrons. The van der Waals surface area contributed by atoms with Gasteiger partial charge in [0.05, 0.1) is 33.0 Å². The van der Waals surface area contributed by atoms with Gasteiger partial charge in [0.2, 0.25) is 5.90 Å². The Morgan fingerprint density at radius 2 is 2.08 bits per heavy atom. The highest BCUT2D eigenvalue weighted by molar-refractivity contribution is 6.07. The van der Waals surface area contributed by atoms with Crippen molar-refractivity contribution in [1.82, 2.24) is 5.43 Å². The first-order valence-corrected chi connectivity index (χ1v) is 7.42. The van der Waals surface area contributed by atoms with Crippen LogP contribution in [0, 0.1) is 0 Å². The summed E-state index contributed by atoms with van der Waals surface area (Å²) in [6, 6.07) is 3.00. The van der Waals surface area contributed by atoms with Crippen LogP contribution in [-0.4, -0.2) is 50.0 Å². The number of carbonyl (C=O) groups excluding carboxylic acids is 2. The molecule has 0 bridgehead atoms. The number of ether oxygens (including phenoxy) is 4. The molecular formula is C16H16N2O8. The SMILES string of the molecule is COC(=O)CC1(C(=O)OC)NN=C(c2c(O)cc3occc3c2OC)O1. The second-order valence-electron chi connectivity index (χ2n) is 5.34. The maximum atomic E-state index is 12.2. The fourth-order valence-corrected chi connectivity index (χ4v) is 2.62. The molecule has 26 heavy (non-hydrogen) atoms. The van der Waals surface area contributed by atoms with E-state index in [-0.39, 0.29) is 23.0 Å². The van der Waals surface area contributed by atoms with E-state index in [9.17, 15) is 14.7 Å². The van der Waals surface area contributed by atoms with Gasteiger partial charge in [-0.25, -0.2) is 4.79 Å². The second-order valence-corrected chi connectivity index (χ2v) is 5.34. The predicted octanol–water partition coefficient (Wildman–Crippen LogP) is 0.861. The summed E-state index contributed by atoms with van der Waals surface area (Å²) >= 11 is 0. The van der Waals surface area contributed by atoms with Crippen molar-refractivity contribution in [2.45, 2.75) is 12.1 Å². The number of phenolic OH excluding ortho intramolecular Hbond substituents is 1. The van der Waals surface area contributed by atoms with Crippen LogP contribution in [-0.2, 0) is 23.8 Å².